The second-order valence-electron chi connectivity index (χ2n) is 5.30. The van der Waals surface area contributed by atoms with Gasteiger partial charge in [-0.25, -0.2) is 4.79 Å². The number of unbranched alkanes of at least 4 members (excludes halogenated alkanes) is 1. The van der Waals surface area contributed by atoms with Gasteiger partial charge in [-0.1, -0.05) is 13.3 Å². The molecule has 0 aromatic heterocycles. The van der Waals surface area contributed by atoms with E-state index in [1.54, 1.807) is 37.4 Å². The zero-order valence-electron chi connectivity index (χ0n) is 14.2. The highest BCUT2D eigenvalue weighted by Gasteiger charge is 2.04. The first-order valence-electron chi connectivity index (χ1n) is 8.27. The highest BCUT2D eigenvalue weighted by Crippen LogP contribution is 2.15. The van der Waals surface area contributed by atoms with Crippen molar-refractivity contribution in [1.29, 1.82) is 0 Å². The maximum atomic E-state index is 11.6. The molecule has 126 valence electrons. The molecule has 0 aliphatic heterocycles. The molecule has 0 spiro atoms. The number of hydrogen-bond donors (Lipinski definition) is 0. The van der Waals surface area contributed by atoms with Gasteiger partial charge in [0.2, 0.25) is 0 Å². The van der Waals surface area contributed by atoms with E-state index in [-0.39, 0.29) is 5.97 Å². The van der Waals surface area contributed by atoms with E-state index in [1.807, 2.05) is 24.3 Å². The fourth-order valence-electron chi connectivity index (χ4n) is 2.03. The van der Waals surface area contributed by atoms with Crippen molar-refractivity contribution in [2.24, 2.45) is 4.99 Å². The van der Waals surface area contributed by atoms with Gasteiger partial charge in [-0.05, 0) is 67.4 Å². The third-order valence-electron chi connectivity index (χ3n) is 3.39. The van der Waals surface area contributed by atoms with Gasteiger partial charge in [0.25, 0.3) is 0 Å². The third kappa shape index (κ3) is 5.54. The second-order valence-corrected chi connectivity index (χ2v) is 5.30. The molecule has 24 heavy (non-hydrogen) atoms. The molecule has 0 saturated heterocycles. The fourth-order valence-corrected chi connectivity index (χ4v) is 2.03. The summed E-state index contributed by atoms with van der Waals surface area (Å²) >= 11 is 0. The van der Waals surface area contributed by atoms with E-state index in [9.17, 15) is 4.79 Å². The lowest BCUT2D eigenvalue weighted by Crippen LogP contribution is -2.03. The molecule has 0 unspecified atom stereocenters. The van der Waals surface area contributed by atoms with E-state index >= 15 is 0 Å². The third-order valence-corrected chi connectivity index (χ3v) is 3.39. The highest BCUT2D eigenvalue weighted by molar-refractivity contribution is 5.90. The summed E-state index contributed by atoms with van der Waals surface area (Å²) in [5.41, 5.74) is 2.31. The predicted octanol–water partition coefficient (Wildman–Crippen LogP) is 4.79. The Morgan fingerprint density at radius 3 is 2.38 bits per heavy atom. The molecule has 0 aliphatic carbocycles. The van der Waals surface area contributed by atoms with Gasteiger partial charge in [-0.15, -0.1) is 0 Å². The molecule has 0 heterocycles. The van der Waals surface area contributed by atoms with Gasteiger partial charge in [0, 0.05) is 6.21 Å². The van der Waals surface area contributed by atoms with Crippen LogP contribution >= 0.6 is 0 Å². The maximum Gasteiger partial charge on any atom is 0.338 e. The van der Waals surface area contributed by atoms with Crippen LogP contribution < -0.4 is 4.74 Å². The number of nitrogens with zero attached hydrogens (tertiary/aromatic N) is 1. The highest BCUT2D eigenvalue weighted by atomic mass is 16.5. The summed E-state index contributed by atoms with van der Waals surface area (Å²) in [6.07, 6.45) is 3.97. The van der Waals surface area contributed by atoms with Crippen LogP contribution in [0.2, 0.25) is 0 Å². The van der Waals surface area contributed by atoms with E-state index in [0.717, 1.165) is 36.4 Å². The summed E-state index contributed by atoms with van der Waals surface area (Å²) in [5, 5.41) is 0. The lowest BCUT2D eigenvalue weighted by atomic mass is 10.2. The molecular weight excluding hydrogens is 302 g/mol. The molecule has 0 amide bonds. The minimum absolute atomic E-state index is 0.313. The Hall–Kier alpha value is -2.62. The van der Waals surface area contributed by atoms with Crippen molar-refractivity contribution in [3.05, 3.63) is 59.7 Å². The molecule has 0 radical (unpaired) electrons. The lowest BCUT2D eigenvalue weighted by Gasteiger charge is -2.05. The molecule has 0 N–H and O–H groups in total. The van der Waals surface area contributed by atoms with Crippen LogP contribution in [0.4, 0.5) is 5.69 Å². The van der Waals surface area contributed by atoms with Crippen LogP contribution in [0.1, 0.15) is 42.6 Å². The summed E-state index contributed by atoms with van der Waals surface area (Å²) in [6.45, 7) is 5.05. The molecule has 4 nitrogen and oxygen atoms in total. The Labute approximate surface area is 143 Å². The molecule has 0 atom stereocenters. The normalized spacial score (nSPS) is 10.8. The topological polar surface area (TPSA) is 47.9 Å². The molecule has 4 heteroatoms. The van der Waals surface area contributed by atoms with E-state index in [4.69, 9.17) is 9.47 Å². The summed E-state index contributed by atoms with van der Waals surface area (Å²) in [7, 11) is 0. The number of esters is 1. The Bertz CT molecular complexity index is 660. The first kappa shape index (κ1) is 17.7. The van der Waals surface area contributed by atoms with E-state index in [0.29, 0.717) is 12.2 Å². The minimum Gasteiger partial charge on any atom is -0.494 e. The van der Waals surface area contributed by atoms with Gasteiger partial charge in [-0.3, -0.25) is 4.99 Å². The smallest absolute Gasteiger partial charge is 0.338 e. The van der Waals surface area contributed by atoms with Gasteiger partial charge >= 0.3 is 5.97 Å². The van der Waals surface area contributed by atoms with Gasteiger partial charge in [0.05, 0.1) is 24.5 Å². The predicted molar refractivity (Wildman–Crippen MR) is 96.5 cm³/mol. The van der Waals surface area contributed by atoms with Crippen LogP contribution in [0, 0.1) is 0 Å². The zero-order valence-corrected chi connectivity index (χ0v) is 14.2. The SMILES string of the molecule is CCCCOc1ccc(C=Nc2ccc(C(=O)OCC)cc2)cc1. The number of carbonyl (C=O) groups is 1. The largest absolute Gasteiger partial charge is 0.494 e. The first-order chi connectivity index (χ1) is 11.7. The van der Waals surface area contributed by atoms with Crippen molar-refractivity contribution in [1.82, 2.24) is 0 Å². The van der Waals surface area contributed by atoms with E-state index in [1.165, 1.54) is 0 Å². The Balaban J connectivity index is 1.94. The Morgan fingerprint density at radius 2 is 1.75 bits per heavy atom. The summed E-state index contributed by atoms with van der Waals surface area (Å²) in [6, 6.07) is 14.9. The van der Waals surface area contributed by atoms with Gasteiger partial charge in [-0.2, -0.15) is 0 Å². The molecule has 2 aromatic carbocycles. The number of aliphatic imine (C=N–C) groups is 1. The van der Waals surface area contributed by atoms with Crippen LogP contribution in [0.5, 0.6) is 5.75 Å². The fraction of sp³-hybridized carbons (Fsp3) is 0.300. The van der Waals surface area contributed by atoms with Crippen LogP contribution in [-0.2, 0) is 4.74 Å². The van der Waals surface area contributed by atoms with Crippen molar-refractivity contribution >= 4 is 17.9 Å². The summed E-state index contributed by atoms with van der Waals surface area (Å²) in [5.74, 6) is 0.561. The van der Waals surface area contributed by atoms with Crippen LogP contribution in [0.3, 0.4) is 0 Å². The molecule has 0 saturated carbocycles. The van der Waals surface area contributed by atoms with Gasteiger partial charge in [0.15, 0.2) is 0 Å². The molecule has 0 aliphatic rings. The molecule has 0 fully saturated rings. The molecule has 0 bridgehead atoms. The van der Waals surface area contributed by atoms with Crippen molar-refractivity contribution in [2.45, 2.75) is 26.7 Å². The first-order valence-corrected chi connectivity index (χ1v) is 8.27. The number of ether oxygens (including phenoxy) is 2. The number of rotatable bonds is 8. The molecule has 2 rings (SSSR count). The van der Waals surface area contributed by atoms with Crippen LogP contribution in [0.15, 0.2) is 53.5 Å². The van der Waals surface area contributed by atoms with Crippen molar-refractivity contribution < 1.29 is 14.3 Å². The monoisotopic (exact) mass is 325 g/mol. The molecular formula is C20H23NO3. The van der Waals surface area contributed by atoms with E-state index < -0.39 is 0 Å². The minimum atomic E-state index is -0.313. The summed E-state index contributed by atoms with van der Waals surface area (Å²) in [4.78, 5) is 16.0. The average Bonchev–Trinajstić information content (AvgIpc) is 2.62. The van der Waals surface area contributed by atoms with Crippen molar-refractivity contribution in [2.75, 3.05) is 13.2 Å². The van der Waals surface area contributed by atoms with Crippen molar-refractivity contribution in [3.8, 4) is 5.75 Å². The molecule has 2 aromatic rings. The van der Waals surface area contributed by atoms with Gasteiger partial charge < -0.3 is 9.47 Å². The van der Waals surface area contributed by atoms with E-state index in [2.05, 4.69) is 11.9 Å². The standard InChI is InChI=1S/C20H23NO3/c1-3-5-14-24-19-12-6-16(7-13-19)15-21-18-10-8-17(9-11-18)20(22)23-4-2/h6-13,15H,3-5,14H2,1-2H3. The average molecular weight is 325 g/mol. The van der Waals surface area contributed by atoms with Crippen LogP contribution in [-0.4, -0.2) is 25.4 Å². The quantitative estimate of drug-likeness (QED) is 0.398. The Kier molecular flexibility index (Phi) is 7.02. The second kappa shape index (κ2) is 9.50. The Morgan fingerprint density at radius 1 is 1.04 bits per heavy atom. The maximum absolute atomic E-state index is 11.6. The lowest BCUT2D eigenvalue weighted by molar-refractivity contribution is 0.0526. The number of hydrogen-bond acceptors (Lipinski definition) is 4. The van der Waals surface area contributed by atoms with Crippen LogP contribution in [0.25, 0.3) is 0 Å². The number of benzene rings is 2. The van der Waals surface area contributed by atoms with Crippen molar-refractivity contribution in [3.63, 3.8) is 0 Å². The van der Waals surface area contributed by atoms with Gasteiger partial charge in [0.1, 0.15) is 5.75 Å². The zero-order chi connectivity index (χ0) is 17.2. The number of carbonyl (C=O) groups excluding carboxylic acids is 1. The summed E-state index contributed by atoms with van der Waals surface area (Å²) < 4.78 is 10.6.